The molecule has 0 aliphatic heterocycles. The Bertz CT molecular complexity index is 420. The molecule has 0 unspecified atom stereocenters. The maximum atomic E-state index is 4.25. The fraction of sp³-hybridized carbons (Fsp3) is 0.308. The lowest BCUT2D eigenvalue weighted by Crippen LogP contribution is -2.18. The molecule has 0 radical (unpaired) electrons. The fourth-order valence-electron chi connectivity index (χ4n) is 1.56. The number of hydrogen-bond donors (Lipinski definition) is 1. The summed E-state index contributed by atoms with van der Waals surface area (Å²) in [5, 5.41) is 5.54. The van der Waals surface area contributed by atoms with Gasteiger partial charge in [0.15, 0.2) is 0 Å². The van der Waals surface area contributed by atoms with Crippen molar-refractivity contribution in [2.45, 2.75) is 26.4 Å². The first-order valence-corrected chi connectivity index (χ1v) is 6.37. The van der Waals surface area contributed by atoms with Crippen molar-refractivity contribution in [1.82, 2.24) is 10.3 Å². The van der Waals surface area contributed by atoms with Gasteiger partial charge in [0.25, 0.3) is 0 Å². The van der Waals surface area contributed by atoms with Gasteiger partial charge in [0.1, 0.15) is 0 Å². The largest absolute Gasteiger partial charge is 0.305 e. The third-order valence-corrected chi connectivity index (χ3v) is 3.29. The Morgan fingerprint density at radius 1 is 1.31 bits per heavy atom. The van der Waals surface area contributed by atoms with Crippen LogP contribution in [0.3, 0.4) is 0 Å². The molecule has 16 heavy (non-hydrogen) atoms. The molecule has 1 atom stereocenters. The van der Waals surface area contributed by atoms with Crippen LogP contribution in [-0.4, -0.2) is 4.98 Å². The summed E-state index contributed by atoms with van der Waals surface area (Å²) in [4.78, 5) is 4.25. The predicted molar refractivity (Wildman–Crippen MR) is 68.5 cm³/mol. The SMILES string of the molecule is Cc1ccc([C@H](C)NCc2cscn2)cc1. The Labute approximate surface area is 100 Å². The smallest absolute Gasteiger partial charge is 0.0795 e. The molecule has 2 aromatic rings. The highest BCUT2D eigenvalue weighted by Gasteiger charge is 2.04. The molecule has 0 bridgehead atoms. The van der Waals surface area contributed by atoms with Crippen molar-refractivity contribution in [3.8, 4) is 0 Å². The Morgan fingerprint density at radius 3 is 2.69 bits per heavy atom. The lowest BCUT2D eigenvalue weighted by atomic mass is 10.1. The van der Waals surface area contributed by atoms with Gasteiger partial charge < -0.3 is 5.32 Å². The van der Waals surface area contributed by atoms with Crippen molar-refractivity contribution in [1.29, 1.82) is 0 Å². The minimum Gasteiger partial charge on any atom is -0.305 e. The summed E-state index contributed by atoms with van der Waals surface area (Å²) >= 11 is 1.64. The number of benzene rings is 1. The minimum absolute atomic E-state index is 0.363. The van der Waals surface area contributed by atoms with Crippen LogP contribution in [0, 0.1) is 6.92 Å². The molecule has 0 spiro atoms. The number of aromatic nitrogens is 1. The lowest BCUT2D eigenvalue weighted by Gasteiger charge is -2.13. The molecule has 1 N–H and O–H groups in total. The van der Waals surface area contributed by atoms with E-state index in [9.17, 15) is 0 Å². The van der Waals surface area contributed by atoms with E-state index in [0.29, 0.717) is 6.04 Å². The second-order valence-electron chi connectivity index (χ2n) is 3.99. The fourth-order valence-corrected chi connectivity index (χ4v) is 2.11. The summed E-state index contributed by atoms with van der Waals surface area (Å²) in [5.74, 6) is 0. The molecule has 1 aromatic carbocycles. The van der Waals surface area contributed by atoms with Gasteiger partial charge in [-0.15, -0.1) is 11.3 Å². The van der Waals surface area contributed by atoms with Crippen LogP contribution in [0.25, 0.3) is 0 Å². The summed E-state index contributed by atoms with van der Waals surface area (Å²) in [5.41, 5.74) is 5.60. The second kappa shape index (κ2) is 5.23. The Morgan fingerprint density at radius 2 is 2.06 bits per heavy atom. The minimum atomic E-state index is 0.363. The quantitative estimate of drug-likeness (QED) is 0.875. The Hall–Kier alpha value is -1.19. The van der Waals surface area contributed by atoms with E-state index < -0.39 is 0 Å². The summed E-state index contributed by atoms with van der Waals surface area (Å²) in [6, 6.07) is 9.01. The zero-order valence-electron chi connectivity index (χ0n) is 9.60. The van der Waals surface area contributed by atoms with Gasteiger partial charge in [-0.1, -0.05) is 29.8 Å². The molecular formula is C13H16N2S. The summed E-state index contributed by atoms with van der Waals surface area (Å²) < 4.78 is 0. The van der Waals surface area contributed by atoms with E-state index in [-0.39, 0.29) is 0 Å². The van der Waals surface area contributed by atoms with Crippen LogP contribution < -0.4 is 5.32 Å². The first kappa shape index (κ1) is 11.3. The maximum Gasteiger partial charge on any atom is 0.0795 e. The van der Waals surface area contributed by atoms with E-state index in [1.54, 1.807) is 11.3 Å². The summed E-state index contributed by atoms with van der Waals surface area (Å²) in [6.07, 6.45) is 0. The number of nitrogens with zero attached hydrogens (tertiary/aromatic N) is 1. The van der Waals surface area contributed by atoms with Gasteiger partial charge in [0.05, 0.1) is 11.2 Å². The van der Waals surface area contributed by atoms with E-state index >= 15 is 0 Å². The predicted octanol–water partition coefficient (Wildman–Crippen LogP) is 3.30. The van der Waals surface area contributed by atoms with Crippen molar-refractivity contribution in [3.63, 3.8) is 0 Å². The second-order valence-corrected chi connectivity index (χ2v) is 4.71. The highest BCUT2D eigenvalue weighted by Crippen LogP contribution is 2.13. The van der Waals surface area contributed by atoms with Gasteiger partial charge in [-0.3, -0.25) is 0 Å². The average Bonchev–Trinajstić information content (AvgIpc) is 2.80. The van der Waals surface area contributed by atoms with Gasteiger partial charge in [0.2, 0.25) is 0 Å². The van der Waals surface area contributed by atoms with Crippen molar-refractivity contribution in [2.24, 2.45) is 0 Å². The molecular weight excluding hydrogens is 216 g/mol. The van der Waals surface area contributed by atoms with Crippen LogP contribution in [0.1, 0.15) is 29.8 Å². The molecule has 2 rings (SSSR count). The van der Waals surface area contributed by atoms with Gasteiger partial charge in [0, 0.05) is 18.0 Å². The molecule has 0 aliphatic rings. The van der Waals surface area contributed by atoms with E-state index in [0.717, 1.165) is 12.2 Å². The van der Waals surface area contributed by atoms with Crippen LogP contribution in [-0.2, 0) is 6.54 Å². The van der Waals surface area contributed by atoms with Crippen molar-refractivity contribution in [2.75, 3.05) is 0 Å². The average molecular weight is 232 g/mol. The van der Waals surface area contributed by atoms with Crippen LogP contribution in [0.15, 0.2) is 35.2 Å². The lowest BCUT2D eigenvalue weighted by molar-refractivity contribution is 0.569. The standard InChI is InChI=1S/C13H16N2S/c1-10-3-5-12(6-4-10)11(2)14-7-13-8-16-9-15-13/h3-6,8-9,11,14H,7H2,1-2H3/t11-/m0/s1. The number of hydrogen-bond acceptors (Lipinski definition) is 3. The van der Waals surface area contributed by atoms with E-state index in [1.807, 2.05) is 5.51 Å². The molecule has 0 aliphatic carbocycles. The number of nitrogens with one attached hydrogen (secondary N) is 1. The molecule has 0 amide bonds. The van der Waals surface area contributed by atoms with Crippen LogP contribution >= 0.6 is 11.3 Å². The molecule has 0 fully saturated rings. The highest BCUT2D eigenvalue weighted by atomic mass is 32.1. The topological polar surface area (TPSA) is 24.9 Å². The van der Waals surface area contributed by atoms with Gasteiger partial charge in [-0.25, -0.2) is 4.98 Å². The molecule has 2 nitrogen and oxygen atoms in total. The van der Waals surface area contributed by atoms with Crippen LogP contribution in [0.4, 0.5) is 0 Å². The molecule has 1 aromatic heterocycles. The number of rotatable bonds is 4. The van der Waals surface area contributed by atoms with E-state index in [4.69, 9.17) is 0 Å². The first-order valence-electron chi connectivity index (χ1n) is 5.43. The van der Waals surface area contributed by atoms with Crippen molar-refractivity contribution < 1.29 is 0 Å². The zero-order valence-corrected chi connectivity index (χ0v) is 10.4. The van der Waals surface area contributed by atoms with Crippen molar-refractivity contribution >= 4 is 11.3 Å². The molecule has 1 heterocycles. The maximum absolute atomic E-state index is 4.25. The van der Waals surface area contributed by atoms with E-state index in [1.165, 1.54) is 11.1 Å². The molecule has 84 valence electrons. The van der Waals surface area contributed by atoms with Crippen LogP contribution in [0.5, 0.6) is 0 Å². The number of thiazole rings is 1. The van der Waals surface area contributed by atoms with Crippen LogP contribution in [0.2, 0.25) is 0 Å². The first-order chi connectivity index (χ1) is 7.75. The zero-order chi connectivity index (χ0) is 11.4. The van der Waals surface area contributed by atoms with E-state index in [2.05, 4.69) is 53.8 Å². The van der Waals surface area contributed by atoms with Gasteiger partial charge in [-0.2, -0.15) is 0 Å². The third-order valence-electron chi connectivity index (χ3n) is 2.65. The normalized spacial score (nSPS) is 12.6. The summed E-state index contributed by atoms with van der Waals surface area (Å²) in [6.45, 7) is 5.12. The molecule has 0 saturated heterocycles. The monoisotopic (exact) mass is 232 g/mol. The Balaban J connectivity index is 1.93. The summed E-state index contributed by atoms with van der Waals surface area (Å²) in [7, 11) is 0. The molecule has 0 saturated carbocycles. The third kappa shape index (κ3) is 2.90. The van der Waals surface area contributed by atoms with Gasteiger partial charge >= 0.3 is 0 Å². The number of aryl methyl sites for hydroxylation is 1. The van der Waals surface area contributed by atoms with Crippen molar-refractivity contribution in [3.05, 3.63) is 52.0 Å². The molecule has 3 heteroatoms. The Kier molecular flexibility index (Phi) is 3.70. The van der Waals surface area contributed by atoms with Gasteiger partial charge in [-0.05, 0) is 19.4 Å². The highest BCUT2D eigenvalue weighted by molar-refractivity contribution is 7.07.